The van der Waals surface area contributed by atoms with Crippen LogP contribution in [0.1, 0.15) is 59.3 Å². The highest BCUT2D eigenvalue weighted by Crippen LogP contribution is 2.36. The van der Waals surface area contributed by atoms with Gasteiger partial charge in [0.25, 0.3) is 0 Å². The maximum absolute atomic E-state index is 12.3. The average Bonchev–Trinajstić information content (AvgIpc) is 2.24. The second kappa shape index (κ2) is 5.65. The number of hydrogen-bond donors (Lipinski definition) is 1. The van der Waals surface area contributed by atoms with Crippen molar-refractivity contribution in [2.45, 2.75) is 59.3 Å². The molecular formula is C14H24O3. The Balaban J connectivity index is 2.78. The van der Waals surface area contributed by atoms with Crippen LogP contribution < -0.4 is 0 Å². The number of carboxylic acids is 1. The maximum Gasteiger partial charge on any atom is 0.304 e. The van der Waals surface area contributed by atoms with Crippen LogP contribution in [0.25, 0.3) is 0 Å². The molecule has 3 nitrogen and oxygen atoms in total. The van der Waals surface area contributed by atoms with Crippen LogP contribution in [0.4, 0.5) is 0 Å². The normalized spacial score (nSPS) is 19.9. The molecule has 1 fully saturated rings. The topological polar surface area (TPSA) is 54.4 Å². The fraction of sp³-hybridized carbons (Fsp3) is 0.857. The molecule has 1 N–H and O–H groups in total. The fourth-order valence-corrected chi connectivity index (χ4v) is 2.75. The van der Waals surface area contributed by atoms with E-state index < -0.39 is 11.4 Å². The molecule has 1 unspecified atom stereocenters. The number of aliphatic carboxylic acids is 1. The summed E-state index contributed by atoms with van der Waals surface area (Å²) in [4.78, 5) is 23.3. The number of hydrogen-bond acceptors (Lipinski definition) is 2. The minimum absolute atomic E-state index is 0.000764. The standard InChI is InChI=1S/C14H24O3/c1-14(2,3)13(17)11(9-12(15)16)10-7-5-4-6-8-10/h10-11H,4-9H2,1-3H3,(H,15,16). The number of rotatable bonds is 4. The number of Topliss-reactive ketones (excluding diaryl/α,β-unsaturated/α-hetero) is 1. The monoisotopic (exact) mass is 240 g/mol. The number of ketones is 1. The van der Waals surface area contributed by atoms with Gasteiger partial charge in [-0.25, -0.2) is 0 Å². The first-order chi connectivity index (χ1) is 7.82. The van der Waals surface area contributed by atoms with Gasteiger partial charge in [0.15, 0.2) is 0 Å². The molecule has 0 aromatic carbocycles. The van der Waals surface area contributed by atoms with Gasteiger partial charge in [-0.15, -0.1) is 0 Å². The van der Waals surface area contributed by atoms with Gasteiger partial charge in [-0.05, 0) is 18.8 Å². The summed E-state index contributed by atoms with van der Waals surface area (Å²) in [7, 11) is 0. The summed E-state index contributed by atoms with van der Waals surface area (Å²) >= 11 is 0. The molecule has 98 valence electrons. The zero-order valence-electron chi connectivity index (χ0n) is 11.2. The van der Waals surface area contributed by atoms with Crippen molar-refractivity contribution < 1.29 is 14.7 Å². The molecule has 0 aliphatic heterocycles. The summed E-state index contributed by atoms with van der Waals surface area (Å²) in [5.41, 5.74) is -0.433. The fourth-order valence-electron chi connectivity index (χ4n) is 2.75. The van der Waals surface area contributed by atoms with Crippen LogP contribution >= 0.6 is 0 Å². The lowest BCUT2D eigenvalue weighted by Gasteiger charge is -2.32. The SMILES string of the molecule is CC(C)(C)C(=O)C(CC(=O)O)C1CCCCC1. The Morgan fingerprint density at radius 2 is 1.71 bits per heavy atom. The van der Waals surface area contributed by atoms with E-state index in [9.17, 15) is 9.59 Å². The van der Waals surface area contributed by atoms with Crippen molar-refractivity contribution in [3.8, 4) is 0 Å². The van der Waals surface area contributed by atoms with Crippen molar-refractivity contribution in [2.24, 2.45) is 17.3 Å². The van der Waals surface area contributed by atoms with Crippen molar-refractivity contribution in [2.75, 3.05) is 0 Å². The second-order valence-corrected chi connectivity index (χ2v) is 6.22. The summed E-state index contributed by atoms with van der Waals surface area (Å²) in [6.07, 6.45) is 5.52. The minimum Gasteiger partial charge on any atom is -0.481 e. The van der Waals surface area contributed by atoms with Gasteiger partial charge in [0, 0.05) is 11.3 Å². The van der Waals surface area contributed by atoms with Crippen LogP contribution in [0.2, 0.25) is 0 Å². The van der Waals surface area contributed by atoms with Crippen molar-refractivity contribution in [3.05, 3.63) is 0 Å². The highest BCUT2D eigenvalue weighted by Gasteiger charge is 2.36. The average molecular weight is 240 g/mol. The van der Waals surface area contributed by atoms with E-state index in [1.54, 1.807) is 0 Å². The molecule has 3 heteroatoms. The van der Waals surface area contributed by atoms with Gasteiger partial charge in [-0.2, -0.15) is 0 Å². The first-order valence-corrected chi connectivity index (χ1v) is 6.58. The van der Waals surface area contributed by atoms with E-state index in [1.807, 2.05) is 20.8 Å². The summed E-state index contributed by atoms with van der Waals surface area (Å²) in [6, 6.07) is 0. The molecule has 0 heterocycles. The summed E-state index contributed by atoms with van der Waals surface area (Å²) < 4.78 is 0. The molecule has 1 saturated carbocycles. The van der Waals surface area contributed by atoms with E-state index in [4.69, 9.17) is 5.11 Å². The third-order valence-electron chi connectivity index (χ3n) is 3.69. The van der Waals surface area contributed by atoms with Gasteiger partial charge >= 0.3 is 5.97 Å². The van der Waals surface area contributed by atoms with Gasteiger partial charge in [0.2, 0.25) is 0 Å². The van der Waals surface area contributed by atoms with E-state index in [1.165, 1.54) is 6.42 Å². The van der Waals surface area contributed by atoms with Crippen LogP contribution in [0.3, 0.4) is 0 Å². The van der Waals surface area contributed by atoms with Crippen LogP contribution in [-0.4, -0.2) is 16.9 Å². The molecule has 0 aromatic rings. The Labute approximate surface area is 104 Å². The lowest BCUT2D eigenvalue weighted by Crippen LogP contribution is -2.35. The third kappa shape index (κ3) is 4.14. The second-order valence-electron chi connectivity index (χ2n) is 6.22. The van der Waals surface area contributed by atoms with Crippen LogP contribution in [0.5, 0.6) is 0 Å². The molecule has 0 amide bonds. The van der Waals surface area contributed by atoms with E-state index in [0.717, 1.165) is 25.7 Å². The molecular weight excluding hydrogens is 216 g/mol. The largest absolute Gasteiger partial charge is 0.481 e. The summed E-state index contributed by atoms with van der Waals surface area (Å²) in [5, 5.41) is 8.98. The van der Waals surface area contributed by atoms with Gasteiger partial charge in [-0.3, -0.25) is 9.59 Å². The summed E-state index contributed by atoms with van der Waals surface area (Å²) in [5.74, 6) is -0.732. The van der Waals surface area contributed by atoms with E-state index in [-0.39, 0.29) is 24.0 Å². The lowest BCUT2D eigenvalue weighted by atomic mass is 9.71. The third-order valence-corrected chi connectivity index (χ3v) is 3.69. The predicted molar refractivity (Wildman–Crippen MR) is 66.8 cm³/mol. The Kier molecular flexibility index (Phi) is 4.72. The molecule has 0 bridgehead atoms. The molecule has 1 rings (SSSR count). The van der Waals surface area contributed by atoms with Crippen molar-refractivity contribution in [1.82, 2.24) is 0 Å². The van der Waals surface area contributed by atoms with Crippen LogP contribution in [0.15, 0.2) is 0 Å². The first-order valence-electron chi connectivity index (χ1n) is 6.58. The molecule has 1 atom stereocenters. The minimum atomic E-state index is -0.849. The smallest absolute Gasteiger partial charge is 0.304 e. The number of carbonyl (C=O) groups is 2. The Hall–Kier alpha value is -0.860. The zero-order valence-corrected chi connectivity index (χ0v) is 11.2. The van der Waals surface area contributed by atoms with Crippen LogP contribution in [-0.2, 0) is 9.59 Å². The van der Waals surface area contributed by atoms with E-state index >= 15 is 0 Å². The van der Waals surface area contributed by atoms with Gasteiger partial charge in [-0.1, -0.05) is 40.0 Å². The van der Waals surface area contributed by atoms with E-state index in [0.29, 0.717) is 0 Å². The maximum atomic E-state index is 12.3. The van der Waals surface area contributed by atoms with Crippen molar-refractivity contribution in [3.63, 3.8) is 0 Å². The van der Waals surface area contributed by atoms with Crippen molar-refractivity contribution in [1.29, 1.82) is 0 Å². The highest BCUT2D eigenvalue weighted by molar-refractivity contribution is 5.89. The molecule has 0 radical (unpaired) electrons. The quantitative estimate of drug-likeness (QED) is 0.820. The predicted octanol–water partition coefficient (Wildman–Crippen LogP) is 3.27. The zero-order chi connectivity index (χ0) is 13.1. The van der Waals surface area contributed by atoms with Gasteiger partial charge in [0.1, 0.15) is 5.78 Å². The first kappa shape index (κ1) is 14.2. The highest BCUT2D eigenvalue weighted by atomic mass is 16.4. The molecule has 1 aliphatic carbocycles. The Morgan fingerprint density at radius 3 is 2.12 bits per heavy atom. The van der Waals surface area contributed by atoms with Crippen LogP contribution in [0, 0.1) is 17.3 Å². The number of carboxylic acid groups (broad SMARTS) is 1. The molecule has 1 aliphatic rings. The van der Waals surface area contributed by atoms with Gasteiger partial charge in [0.05, 0.1) is 6.42 Å². The molecule has 0 spiro atoms. The Bertz CT molecular complexity index is 282. The van der Waals surface area contributed by atoms with Gasteiger partial charge < -0.3 is 5.11 Å². The molecule has 0 saturated heterocycles. The lowest BCUT2D eigenvalue weighted by molar-refractivity contribution is -0.144. The Morgan fingerprint density at radius 1 is 1.18 bits per heavy atom. The molecule has 0 aromatic heterocycles. The van der Waals surface area contributed by atoms with E-state index in [2.05, 4.69) is 0 Å². The summed E-state index contributed by atoms with van der Waals surface area (Å²) in [6.45, 7) is 5.65. The molecule has 17 heavy (non-hydrogen) atoms. The van der Waals surface area contributed by atoms with Crippen molar-refractivity contribution >= 4 is 11.8 Å². The number of carbonyl (C=O) groups excluding carboxylic acids is 1.